The van der Waals surface area contributed by atoms with E-state index in [1.165, 1.54) is 40.8 Å². The summed E-state index contributed by atoms with van der Waals surface area (Å²) in [5.41, 5.74) is 6.85. The highest BCUT2D eigenvalue weighted by Gasteiger charge is 2.20. The van der Waals surface area contributed by atoms with Gasteiger partial charge >= 0.3 is 0 Å². The molecule has 122 valence electrons. The largest absolute Gasteiger partial charge is 0.371 e. The van der Waals surface area contributed by atoms with Crippen LogP contribution in [-0.4, -0.2) is 24.1 Å². The van der Waals surface area contributed by atoms with Crippen molar-refractivity contribution in [1.29, 1.82) is 0 Å². The third kappa shape index (κ3) is 3.73. The predicted molar refractivity (Wildman–Crippen MR) is 97.0 cm³/mol. The molecule has 3 nitrogen and oxygen atoms in total. The van der Waals surface area contributed by atoms with Gasteiger partial charge < -0.3 is 10.2 Å². The molecule has 0 aliphatic carbocycles. The number of nitrogens with one attached hydrogen (secondary N) is 1. The Morgan fingerprint density at radius 3 is 2.61 bits per heavy atom. The molecule has 0 spiro atoms. The lowest BCUT2D eigenvalue weighted by molar-refractivity contribution is 0.413. The Labute approximate surface area is 139 Å². The summed E-state index contributed by atoms with van der Waals surface area (Å²) < 4.78 is 0. The van der Waals surface area contributed by atoms with Crippen LogP contribution in [0.3, 0.4) is 0 Å². The van der Waals surface area contributed by atoms with Crippen LogP contribution in [0.25, 0.3) is 0 Å². The standard InChI is InChI=1S/C20H27N3/c1-15-5-4-6-20(17(15)3)23-11-8-19(9-12-23)22-14-18-7-10-21-13-16(18)2/h4-7,10,13,19,22H,8-9,11-12,14H2,1-3H3. The van der Waals surface area contributed by atoms with Gasteiger partial charge in [-0.15, -0.1) is 0 Å². The van der Waals surface area contributed by atoms with Crippen LogP contribution in [0.4, 0.5) is 5.69 Å². The molecule has 23 heavy (non-hydrogen) atoms. The Hall–Kier alpha value is -1.87. The van der Waals surface area contributed by atoms with Crippen LogP contribution in [-0.2, 0) is 6.54 Å². The van der Waals surface area contributed by atoms with Crippen LogP contribution >= 0.6 is 0 Å². The lowest BCUT2D eigenvalue weighted by Crippen LogP contribution is -2.42. The van der Waals surface area contributed by atoms with Crippen LogP contribution in [0.5, 0.6) is 0 Å². The van der Waals surface area contributed by atoms with Gasteiger partial charge in [0.15, 0.2) is 0 Å². The summed E-state index contributed by atoms with van der Waals surface area (Å²) in [7, 11) is 0. The SMILES string of the molecule is Cc1cnccc1CNC1CCN(c2cccc(C)c2C)CC1. The lowest BCUT2D eigenvalue weighted by atomic mass is 10.0. The Balaban J connectivity index is 1.54. The number of piperidine rings is 1. The number of pyridine rings is 1. The van der Waals surface area contributed by atoms with Crippen molar-refractivity contribution < 1.29 is 0 Å². The van der Waals surface area contributed by atoms with Crippen LogP contribution < -0.4 is 10.2 Å². The molecule has 1 aliphatic heterocycles. The van der Waals surface area contributed by atoms with Crippen molar-refractivity contribution in [2.24, 2.45) is 0 Å². The highest BCUT2D eigenvalue weighted by Crippen LogP contribution is 2.26. The molecule has 1 saturated heterocycles. The van der Waals surface area contributed by atoms with Gasteiger partial charge in [-0.25, -0.2) is 0 Å². The molecule has 1 N–H and O–H groups in total. The maximum absolute atomic E-state index is 4.16. The minimum atomic E-state index is 0.615. The molecule has 0 bridgehead atoms. The third-order valence-electron chi connectivity index (χ3n) is 5.13. The number of hydrogen-bond acceptors (Lipinski definition) is 3. The van der Waals surface area contributed by atoms with E-state index in [-0.39, 0.29) is 0 Å². The summed E-state index contributed by atoms with van der Waals surface area (Å²) in [6.07, 6.45) is 6.24. The number of anilines is 1. The minimum absolute atomic E-state index is 0.615. The number of hydrogen-bond donors (Lipinski definition) is 1. The summed E-state index contributed by atoms with van der Waals surface area (Å²) >= 11 is 0. The second kappa shape index (κ2) is 7.14. The Morgan fingerprint density at radius 2 is 1.87 bits per heavy atom. The average Bonchev–Trinajstić information content (AvgIpc) is 2.57. The van der Waals surface area contributed by atoms with Crippen LogP contribution in [0, 0.1) is 20.8 Å². The van der Waals surface area contributed by atoms with E-state index in [4.69, 9.17) is 0 Å². The van der Waals surface area contributed by atoms with Crippen molar-refractivity contribution in [3.8, 4) is 0 Å². The second-order valence-electron chi connectivity index (χ2n) is 6.66. The van der Waals surface area contributed by atoms with Gasteiger partial charge in [-0.05, 0) is 68.0 Å². The molecular formula is C20H27N3. The van der Waals surface area contributed by atoms with Crippen LogP contribution in [0.1, 0.15) is 35.1 Å². The van der Waals surface area contributed by atoms with Crippen molar-refractivity contribution in [2.75, 3.05) is 18.0 Å². The summed E-state index contributed by atoms with van der Waals surface area (Å²) in [4.78, 5) is 6.70. The smallest absolute Gasteiger partial charge is 0.0398 e. The fourth-order valence-electron chi connectivity index (χ4n) is 3.36. The summed E-state index contributed by atoms with van der Waals surface area (Å²) in [5, 5.41) is 3.72. The van der Waals surface area contributed by atoms with Crippen LogP contribution in [0.15, 0.2) is 36.7 Å². The lowest BCUT2D eigenvalue weighted by Gasteiger charge is -2.35. The summed E-state index contributed by atoms with van der Waals surface area (Å²) in [5.74, 6) is 0. The van der Waals surface area contributed by atoms with E-state index >= 15 is 0 Å². The Bertz CT molecular complexity index is 658. The van der Waals surface area contributed by atoms with E-state index in [0.717, 1.165) is 19.6 Å². The quantitative estimate of drug-likeness (QED) is 0.932. The monoisotopic (exact) mass is 309 g/mol. The van der Waals surface area contributed by atoms with Crippen molar-refractivity contribution in [3.05, 3.63) is 58.9 Å². The van der Waals surface area contributed by atoms with Gasteiger partial charge in [0, 0.05) is 43.8 Å². The molecule has 0 amide bonds. The number of aryl methyl sites for hydroxylation is 2. The fraction of sp³-hybridized carbons (Fsp3) is 0.450. The minimum Gasteiger partial charge on any atom is -0.371 e. The maximum Gasteiger partial charge on any atom is 0.0398 e. The molecule has 1 fully saturated rings. The predicted octanol–water partition coefficient (Wildman–Crippen LogP) is 3.77. The highest BCUT2D eigenvalue weighted by atomic mass is 15.1. The first-order valence-electron chi connectivity index (χ1n) is 8.59. The van der Waals surface area contributed by atoms with E-state index in [1.807, 2.05) is 12.4 Å². The third-order valence-corrected chi connectivity index (χ3v) is 5.13. The van der Waals surface area contributed by atoms with Gasteiger partial charge in [-0.3, -0.25) is 4.98 Å². The zero-order valence-corrected chi connectivity index (χ0v) is 14.5. The molecule has 0 saturated carbocycles. The number of rotatable bonds is 4. The second-order valence-corrected chi connectivity index (χ2v) is 6.66. The maximum atomic E-state index is 4.16. The van der Waals surface area contributed by atoms with Crippen molar-refractivity contribution in [2.45, 2.75) is 46.2 Å². The number of benzene rings is 1. The zero-order valence-electron chi connectivity index (χ0n) is 14.5. The molecule has 2 heterocycles. The van der Waals surface area contributed by atoms with E-state index in [1.54, 1.807) is 0 Å². The summed E-state index contributed by atoms with van der Waals surface area (Å²) in [6, 6.07) is 9.37. The number of nitrogens with zero attached hydrogens (tertiary/aromatic N) is 2. The van der Waals surface area contributed by atoms with Gasteiger partial charge in [0.25, 0.3) is 0 Å². The molecule has 3 heteroatoms. The van der Waals surface area contributed by atoms with Gasteiger partial charge in [0.2, 0.25) is 0 Å². The van der Waals surface area contributed by atoms with Crippen LogP contribution in [0.2, 0.25) is 0 Å². The van der Waals surface area contributed by atoms with Crippen molar-refractivity contribution in [3.63, 3.8) is 0 Å². The van der Waals surface area contributed by atoms with Gasteiger partial charge in [-0.1, -0.05) is 12.1 Å². The number of aromatic nitrogens is 1. The van der Waals surface area contributed by atoms with Gasteiger partial charge in [0.05, 0.1) is 0 Å². The van der Waals surface area contributed by atoms with Gasteiger partial charge in [-0.2, -0.15) is 0 Å². The summed E-state index contributed by atoms with van der Waals surface area (Å²) in [6.45, 7) is 9.79. The van der Waals surface area contributed by atoms with Gasteiger partial charge in [0.1, 0.15) is 0 Å². The van der Waals surface area contributed by atoms with E-state index in [0.29, 0.717) is 6.04 Å². The molecule has 1 aromatic carbocycles. The first-order chi connectivity index (χ1) is 11.1. The Kier molecular flexibility index (Phi) is 4.97. The molecule has 0 unspecified atom stereocenters. The molecule has 1 aliphatic rings. The normalized spacial score (nSPS) is 15.9. The Morgan fingerprint density at radius 1 is 1.09 bits per heavy atom. The molecule has 1 aromatic heterocycles. The van der Waals surface area contributed by atoms with E-state index in [9.17, 15) is 0 Å². The van der Waals surface area contributed by atoms with Crippen molar-refractivity contribution >= 4 is 5.69 Å². The van der Waals surface area contributed by atoms with E-state index in [2.05, 4.69) is 60.2 Å². The molecule has 3 rings (SSSR count). The topological polar surface area (TPSA) is 28.2 Å². The fourth-order valence-corrected chi connectivity index (χ4v) is 3.36. The molecule has 0 radical (unpaired) electrons. The average molecular weight is 309 g/mol. The van der Waals surface area contributed by atoms with Crippen molar-refractivity contribution in [1.82, 2.24) is 10.3 Å². The van der Waals surface area contributed by atoms with E-state index < -0.39 is 0 Å². The molecule has 0 atom stereocenters. The highest BCUT2D eigenvalue weighted by molar-refractivity contribution is 5.56. The first-order valence-corrected chi connectivity index (χ1v) is 8.59. The first kappa shape index (κ1) is 16.0. The molecular weight excluding hydrogens is 282 g/mol. The molecule has 2 aromatic rings. The zero-order chi connectivity index (χ0) is 16.2.